The molecule has 28 heavy (non-hydrogen) atoms. The Morgan fingerprint density at radius 3 is 2.71 bits per heavy atom. The predicted octanol–water partition coefficient (Wildman–Crippen LogP) is 2.48. The molecule has 3 rings (SSSR count). The topological polar surface area (TPSA) is 111 Å². The Morgan fingerprint density at radius 1 is 1.21 bits per heavy atom. The number of benzene rings is 2. The van der Waals surface area contributed by atoms with Gasteiger partial charge in [0.2, 0.25) is 0 Å². The molecule has 8 nitrogen and oxygen atoms in total. The van der Waals surface area contributed by atoms with Crippen LogP contribution >= 0.6 is 11.6 Å². The van der Waals surface area contributed by atoms with Crippen molar-refractivity contribution < 1.29 is 20.1 Å². The zero-order valence-electron chi connectivity index (χ0n) is 15.4. The van der Waals surface area contributed by atoms with E-state index in [1.807, 2.05) is 6.07 Å². The number of anilines is 2. The first-order chi connectivity index (χ1) is 13.4. The molecule has 9 heteroatoms. The molecule has 2 aromatic carbocycles. The van der Waals surface area contributed by atoms with Gasteiger partial charge in [0.15, 0.2) is 17.8 Å². The van der Waals surface area contributed by atoms with E-state index in [2.05, 4.69) is 15.3 Å². The number of aliphatic hydroxyl groups is 2. The second-order valence-electron chi connectivity index (χ2n) is 6.37. The van der Waals surface area contributed by atoms with Gasteiger partial charge in [-0.25, -0.2) is 9.97 Å². The Labute approximate surface area is 167 Å². The fourth-order valence-electron chi connectivity index (χ4n) is 2.90. The molecule has 4 N–H and O–H groups in total. The van der Waals surface area contributed by atoms with Gasteiger partial charge in [-0.2, -0.15) is 0 Å². The minimum atomic E-state index is -1.42. The van der Waals surface area contributed by atoms with Crippen molar-refractivity contribution in [1.29, 1.82) is 0 Å². The Kier molecular flexibility index (Phi) is 6.15. The number of phenolic OH excluding ortho intramolecular Hbond substituents is 1. The molecule has 0 atom stereocenters. The number of nitrogens with zero attached hydrogens (tertiary/aromatic N) is 3. The number of hydrogen-bond donors (Lipinski definition) is 4. The van der Waals surface area contributed by atoms with Crippen LogP contribution in [0.4, 0.5) is 11.5 Å². The lowest BCUT2D eigenvalue weighted by atomic mass is 10.1. The summed E-state index contributed by atoms with van der Waals surface area (Å²) in [7, 11) is 3.25. The fraction of sp³-hybridized carbons (Fsp3) is 0.263. The Hall–Kier alpha value is -2.65. The highest BCUT2D eigenvalue weighted by molar-refractivity contribution is 6.30. The lowest BCUT2D eigenvalue weighted by Crippen LogP contribution is -2.28. The van der Waals surface area contributed by atoms with Crippen LogP contribution in [0.25, 0.3) is 10.9 Å². The van der Waals surface area contributed by atoms with Crippen LogP contribution in [0.2, 0.25) is 5.02 Å². The summed E-state index contributed by atoms with van der Waals surface area (Å²) in [6, 6.07) is 8.55. The van der Waals surface area contributed by atoms with Gasteiger partial charge in [-0.05, 0) is 30.8 Å². The van der Waals surface area contributed by atoms with Gasteiger partial charge in [-0.3, -0.25) is 4.90 Å². The molecule has 1 heterocycles. The first-order valence-corrected chi connectivity index (χ1v) is 8.87. The average Bonchev–Trinajstić information content (AvgIpc) is 2.63. The minimum absolute atomic E-state index is 0.0177. The van der Waals surface area contributed by atoms with Gasteiger partial charge >= 0.3 is 0 Å². The summed E-state index contributed by atoms with van der Waals surface area (Å²) >= 11 is 6.16. The number of halogens is 1. The molecule has 0 amide bonds. The molecule has 148 valence electrons. The normalized spacial score (nSPS) is 11.4. The second-order valence-corrected chi connectivity index (χ2v) is 6.80. The molecule has 0 aliphatic heterocycles. The van der Waals surface area contributed by atoms with Crippen LogP contribution in [-0.4, -0.2) is 57.2 Å². The van der Waals surface area contributed by atoms with Crippen LogP contribution in [0.15, 0.2) is 36.7 Å². The van der Waals surface area contributed by atoms with E-state index < -0.39 is 6.29 Å². The van der Waals surface area contributed by atoms with Gasteiger partial charge in [0.25, 0.3) is 0 Å². The van der Waals surface area contributed by atoms with Crippen LogP contribution in [-0.2, 0) is 6.54 Å². The molecule has 0 aliphatic carbocycles. The largest absolute Gasteiger partial charge is 0.504 e. The standard InChI is InChI=1S/C19H21ClN4O4/c1-24(9-18(26)27)8-11-3-4-12(20)5-14(11)23-19-13-6-16(25)17(28-2)7-15(13)21-10-22-19/h3-7,10,18,25-27H,8-9H2,1-2H3,(H,21,22,23). The highest BCUT2D eigenvalue weighted by Crippen LogP contribution is 2.34. The van der Waals surface area contributed by atoms with Gasteiger partial charge in [-0.15, -0.1) is 0 Å². The van der Waals surface area contributed by atoms with Gasteiger partial charge in [0.05, 0.1) is 12.6 Å². The van der Waals surface area contributed by atoms with Gasteiger partial charge in [0, 0.05) is 35.3 Å². The van der Waals surface area contributed by atoms with E-state index >= 15 is 0 Å². The van der Waals surface area contributed by atoms with E-state index in [1.54, 1.807) is 30.1 Å². The number of aromatic hydroxyl groups is 1. The molecular formula is C19H21ClN4O4. The van der Waals surface area contributed by atoms with Crippen LogP contribution < -0.4 is 10.1 Å². The molecule has 0 spiro atoms. The molecule has 0 radical (unpaired) electrons. The maximum Gasteiger partial charge on any atom is 0.164 e. The Balaban J connectivity index is 1.97. The van der Waals surface area contributed by atoms with Gasteiger partial charge in [-0.1, -0.05) is 17.7 Å². The quantitative estimate of drug-likeness (QED) is 0.444. The zero-order chi connectivity index (χ0) is 20.3. The van der Waals surface area contributed by atoms with Crippen molar-refractivity contribution in [2.75, 3.05) is 26.0 Å². The number of fused-ring (bicyclic) bond motifs is 1. The maximum absolute atomic E-state index is 10.1. The van der Waals surface area contributed by atoms with Crippen molar-refractivity contribution in [2.45, 2.75) is 12.8 Å². The predicted molar refractivity (Wildman–Crippen MR) is 107 cm³/mol. The van der Waals surface area contributed by atoms with Gasteiger partial charge in [0.1, 0.15) is 12.1 Å². The van der Waals surface area contributed by atoms with E-state index in [-0.39, 0.29) is 12.3 Å². The molecule has 0 saturated carbocycles. The third-order valence-corrected chi connectivity index (χ3v) is 4.41. The summed E-state index contributed by atoms with van der Waals surface area (Å²) in [5.74, 6) is 0.803. The van der Waals surface area contributed by atoms with Crippen LogP contribution in [0.3, 0.4) is 0 Å². The third-order valence-electron chi connectivity index (χ3n) is 4.18. The van der Waals surface area contributed by atoms with Crippen molar-refractivity contribution in [1.82, 2.24) is 14.9 Å². The molecule has 0 aliphatic rings. The minimum Gasteiger partial charge on any atom is -0.504 e. The summed E-state index contributed by atoms with van der Waals surface area (Å²) < 4.78 is 5.13. The first-order valence-electron chi connectivity index (χ1n) is 8.49. The maximum atomic E-state index is 10.1. The monoisotopic (exact) mass is 404 g/mol. The Bertz CT molecular complexity index is 984. The molecule has 1 aromatic heterocycles. The van der Waals surface area contributed by atoms with Crippen molar-refractivity contribution in [3.8, 4) is 11.5 Å². The van der Waals surface area contributed by atoms with E-state index in [0.29, 0.717) is 39.7 Å². The zero-order valence-corrected chi connectivity index (χ0v) is 16.2. The van der Waals surface area contributed by atoms with Crippen molar-refractivity contribution in [3.05, 3.63) is 47.2 Å². The molecule has 0 unspecified atom stereocenters. The highest BCUT2D eigenvalue weighted by Gasteiger charge is 2.13. The number of rotatable bonds is 7. The van der Waals surface area contributed by atoms with E-state index in [9.17, 15) is 5.11 Å². The number of aromatic nitrogens is 2. The van der Waals surface area contributed by atoms with E-state index in [1.165, 1.54) is 19.5 Å². The second kappa shape index (κ2) is 8.57. The number of hydrogen-bond acceptors (Lipinski definition) is 8. The summed E-state index contributed by atoms with van der Waals surface area (Å²) in [5.41, 5.74) is 2.20. The molecule has 0 bridgehead atoms. The van der Waals surface area contributed by atoms with Crippen LogP contribution in [0, 0.1) is 0 Å². The lowest BCUT2D eigenvalue weighted by Gasteiger charge is -2.20. The first kappa shape index (κ1) is 20.1. The SMILES string of the molecule is COc1cc2ncnc(Nc3cc(Cl)ccc3CN(C)CC(O)O)c2cc1O. The fourth-order valence-corrected chi connectivity index (χ4v) is 3.07. The lowest BCUT2D eigenvalue weighted by molar-refractivity contribution is -0.0583. The third kappa shape index (κ3) is 4.60. The summed E-state index contributed by atoms with van der Waals surface area (Å²) in [4.78, 5) is 10.3. The number of nitrogens with one attached hydrogen (secondary N) is 1. The summed E-state index contributed by atoms with van der Waals surface area (Å²) in [5, 5.41) is 32.8. The van der Waals surface area contributed by atoms with Crippen LogP contribution in [0.1, 0.15) is 5.56 Å². The van der Waals surface area contributed by atoms with Crippen molar-refractivity contribution >= 4 is 34.0 Å². The number of aliphatic hydroxyl groups excluding tert-OH is 1. The summed E-state index contributed by atoms with van der Waals surface area (Å²) in [6.45, 7) is 0.561. The average molecular weight is 405 g/mol. The van der Waals surface area contributed by atoms with Crippen molar-refractivity contribution in [2.24, 2.45) is 0 Å². The van der Waals surface area contributed by atoms with E-state index in [4.69, 9.17) is 26.6 Å². The van der Waals surface area contributed by atoms with E-state index in [0.717, 1.165) is 5.56 Å². The van der Waals surface area contributed by atoms with Crippen molar-refractivity contribution in [3.63, 3.8) is 0 Å². The van der Waals surface area contributed by atoms with Crippen LogP contribution in [0.5, 0.6) is 11.5 Å². The number of ether oxygens (including phenoxy) is 1. The summed E-state index contributed by atoms with van der Waals surface area (Å²) in [6.07, 6.45) is -0.00272. The number of phenols is 1. The number of methoxy groups -OCH3 is 1. The molecule has 0 fully saturated rings. The van der Waals surface area contributed by atoms with Gasteiger partial charge < -0.3 is 25.4 Å². The molecular weight excluding hydrogens is 384 g/mol. The number of likely N-dealkylation sites (N-methyl/N-ethyl adjacent to an activating group) is 1. The Morgan fingerprint density at radius 2 is 2.00 bits per heavy atom. The smallest absolute Gasteiger partial charge is 0.164 e. The molecule has 3 aromatic rings. The highest BCUT2D eigenvalue weighted by atomic mass is 35.5. The molecule has 0 saturated heterocycles.